The van der Waals surface area contributed by atoms with Gasteiger partial charge in [0.2, 0.25) is 11.9 Å². The van der Waals surface area contributed by atoms with Gasteiger partial charge in [-0.25, -0.2) is 9.97 Å². The van der Waals surface area contributed by atoms with Crippen LogP contribution in [0.25, 0.3) is 0 Å². The maximum atomic E-state index is 4.59. The summed E-state index contributed by atoms with van der Waals surface area (Å²) in [5.41, 5.74) is 1.12. The first-order valence-electron chi connectivity index (χ1n) is 8.48. The molecule has 0 saturated carbocycles. The first-order valence-corrected chi connectivity index (χ1v) is 8.48. The molecule has 1 aliphatic heterocycles. The van der Waals surface area contributed by atoms with Crippen LogP contribution in [0.15, 0.2) is 49.2 Å². The zero-order valence-electron chi connectivity index (χ0n) is 14.2. The molecule has 0 radical (unpaired) electrons. The number of pyridine rings is 1. The third-order valence-corrected chi connectivity index (χ3v) is 4.18. The van der Waals surface area contributed by atoms with E-state index in [4.69, 9.17) is 0 Å². The highest BCUT2D eigenvalue weighted by atomic mass is 15.4. The molecule has 4 rings (SSSR count). The molecular weight excluding hydrogens is 330 g/mol. The summed E-state index contributed by atoms with van der Waals surface area (Å²) in [4.78, 5) is 21.6. The largest absolute Gasteiger partial charge is 0.352 e. The lowest BCUT2D eigenvalue weighted by molar-refractivity contribution is 0.632. The molecule has 0 aliphatic carbocycles. The predicted octanol–water partition coefficient (Wildman–Crippen LogP) is 0.995. The fourth-order valence-electron chi connectivity index (χ4n) is 2.79. The first-order chi connectivity index (χ1) is 12.9. The normalized spacial score (nSPS) is 14.3. The highest BCUT2D eigenvalue weighted by Crippen LogP contribution is 2.16. The summed E-state index contributed by atoms with van der Waals surface area (Å²) < 4.78 is 0. The predicted molar refractivity (Wildman–Crippen MR) is 97.8 cm³/mol. The molecule has 9 heteroatoms. The first kappa shape index (κ1) is 16.1. The van der Waals surface area contributed by atoms with Crippen LogP contribution in [-0.2, 0) is 6.54 Å². The van der Waals surface area contributed by atoms with Crippen LogP contribution in [0.2, 0.25) is 0 Å². The Bertz CT molecular complexity index is 820. The molecule has 4 heterocycles. The van der Waals surface area contributed by atoms with Crippen molar-refractivity contribution in [2.75, 3.05) is 41.3 Å². The highest BCUT2D eigenvalue weighted by Gasteiger charge is 2.20. The molecule has 1 N–H and O–H groups in total. The zero-order valence-corrected chi connectivity index (χ0v) is 14.2. The van der Waals surface area contributed by atoms with E-state index in [1.54, 1.807) is 31.0 Å². The van der Waals surface area contributed by atoms with Crippen molar-refractivity contribution in [1.82, 2.24) is 30.1 Å². The molecule has 0 unspecified atom stereocenters. The van der Waals surface area contributed by atoms with E-state index in [9.17, 15) is 0 Å². The lowest BCUT2D eigenvalue weighted by Crippen LogP contribution is -2.47. The van der Waals surface area contributed by atoms with Gasteiger partial charge in [0.1, 0.15) is 0 Å². The van der Waals surface area contributed by atoms with Crippen molar-refractivity contribution in [2.45, 2.75) is 6.54 Å². The van der Waals surface area contributed by atoms with Gasteiger partial charge in [-0.15, -0.1) is 5.10 Å². The quantitative estimate of drug-likeness (QED) is 0.723. The van der Waals surface area contributed by atoms with Gasteiger partial charge < -0.3 is 15.1 Å². The second-order valence-electron chi connectivity index (χ2n) is 5.87. The van der Waals surface area contributed by atoms with Crippen molar-refractivity contribution in [3.63, 3.8) is 0 Å². The number of nitrogens with zero attached hydrogens (tertiary/aromatic N) is 8. The van der Waals surface area contributed by atoms with Gasteiger partial charge in [-0.2, -0.15) is 10.1 Å². The molecule has 3 aromatic rings. The number of nitrogens with one attached hydrogen (secondary N) is 1. The summed E-state index contributed by atoms with van der Waals surface area (Å²) in [7, 11) is 0. The monoisotopic (exact) mass is 349 g/mol. The van der Waals surface area contributed by atoms with E-state index in [-0.39, 0.29) is 0 Å². The Kier molecular flexibility index (Phi) is 4.77. The summed E-state index contributed by atoms with van der Waals surface area (Å²) in [5, 5.41) is 11.4. The van der Waals surface area contributed by atoms with Crippen LogP contribution in [0.5, 0.6) is 0 Å². The zero-order chi connectivity index (χ0) is 17.6. The fraction of sp³-hybridized carbons (Fsp3) is 0.294. The molecule has 9 nitrogen and oxygen atoms in total. The van der Waals surface area contributed by atoms with Crippen molar-refractivity contribution in [3.8, 4) is 0 Å². The Labute approximate surface area is 151 Å². The standard InChI is InChI=1S/C17H19N9/c1-4-19-17(20-5-1)26-10-8-25(9-11-26)15-13-22-24-16(23-15)21-12-14-2-6-18-7-3-14/h1-7,13H,8-12H2,(H,21,23,24). The van der Waals surface area contributed by atoms with Crippen LogP contribution >= 0.6 is 0 Å². The number of piperazine rings is 1. The highest BCUT2D eigenvalue weighted by molar-refractivity contribution is 5.43. The van der Waals surface area contributed by atoms with Gasteiger partial charge >= 0.3 is 0 Å². The lowest BCUT2D eigenvalue weighted by atomic mass is 10.3. The SMILES string of the molecule is c1cnc(N2CCN(c3cnnc(NCc4ccncc4)n3)CC2)nc1. The Morgan fingerprint density at radius 3 is 2.42 bits per heavy atom. The van der Waals surface area contributed by atoms with Crippen LogP contribution in [0.3, 0.4) is 0 Å². The van der Waals surface area contributed by atoms with Gasteiger partial charge in [0.25, 0.3) is 0 Å². The van der Waals surface area contributed by atoms with Crippen LogP contribution in [-0.4, -0.2) is 56.3 Å². The number of rotatable bonds is 5. The number of anilines is 3. The number of hydrogen-bond donors (Lipinski definition) is 1. The van der Waals surface area contributed by atoms with E-state index in [1.807, 2.05) is 18.2 Å². The molecule has 1 fully saturated rings. The van der Waals surface area contributed by atoms with Crippen molar-refractivity contribution in [2.24, 2.45) is 0 Å². The van der Waals surface area contributed by atoms with E-state index in [1.165, 1.54) is 0 Å². The van der Waals surface area contributed by atoms with Crippen molar-refractivity contribution >= 4 is 17.7 Å². The minimum atomic E-state index is 0.521. The summed E-state index contributed by atoms with van der Waals surface area (Å²) in [5.74, 6) is 2.12. The molecular formula is C17H19N9. The number of aromatic nitrogens is 6. The Hall–Kier alpha value is -3.36. The molecule has 1 aliphatic rings. The van der Waals surface area contributed by atoms with Crippen molar-refractivity contribution in [3.05, 3.63) is 54.7 Å². The molecule has 0 spiro atoms. The maximum absolute atomic E-state index is 4.59. The molecule has 3 aromatic heterocycles. The van der Waals surface area contributed by atoms with E-state index >= 15 is 0 Å². The van der Waals surface area contributed by atoms with E-state index in [0.29, 0.717) is 12.5 Å². The molecule has 0 atom stereocenters. The lowest BCUT2D eigenvalue weighted by Gasteiger charge is -2.35. The average Bonchev–Trinajstić information content (AvgIpc) is 2.74. The van der Waals surface area contributed by atoms with E-state index < -0.39 is 0 Å². The van der Waals surface area contributed by atoms with Gasteiger partial charge in [0.05, 0.1) is 6.20 Å². The second kappa shape index (κ2) is 7.68. The van der Waals surface area contributed by atoms with Crippen LogP contribution in [0.4, 0.5) is 17.7 Å². The van der Waals surface area contributed by atoms with E-state index in [2.05, 4.69) is 45.2 Å². The molecule has 0 bridgehead atoms. The number of hydrogen-bond acceptors (Lipinski definition) is 9. The molecule has 0 aromatic carbocycles. The summed E-state index contributed by atoms with van der Waals surface area (Å²) >= 11 is 0. The smallest absolute Gasteiger partial charge is 0.244 e. The van der Waals surface area contributed by atoms with Gasteiger partial charge in [0, 0.05) is 57.5 Å². The van der Waals surface area contributed by atoms with Gasteiger partial charge in [-0.3, -0.25) is 4.98 Å². The van der Waals surface area contributed by atoms with Crippen molar-refractivity contribution in [1.29, 1.82) is 0 Å². The molecule has 1 saturated heterocycles. The third-order valence-electron chi connectivity index (χ3n) is 4.18. The maximum Gasteiger partial charge on any atom is 0.244 e. The third kappa shape index (κ3) is 3.82. The van der Waals surface area contributed by atoms with Gasteiger partial charge in [0.15, 0.2) is 5.82 Å². The minimum Gasteiger partial charge on any atom is -0.352 e. The van der Waals surface area contributed by atoms with Gasteiger partial charge in [-0.05, 0) is 23.8 Å². The summed E-state index contributed by atoms with van der Waals surface area (Å²) in [6.45, 7) is 3.98. The molecule has 132 valence electrons. The van der Waals surface area contributed by atoms with Gasteiger partial charge in [-0.1, -0.05) is 0 Å². The fourth-order valence-corrected chi connectivity index (χ4v) is 2.79. The van der Waals surface area contributed by atoms with Crippen LogP contribution in [0, 0.1) is 0 Å². The van der Waals surface area contributed by atoms with Crippen LogP contribution < -0.4 is 15.1 Å². The Morgan fingerprint density at radius 1 is 0.923 bits per heavy atom. The Balaban J connectivity index is 1.36. The van der Waals surface area contributed by atoms with E-state index in [0.717, 1.165) is 43.5 Å². The van der Waals surface area contributed by atoms with Crippen LogP contribution in [0.1, 0.15) is 5.56 Å². The summed E-state index contributed by atoms with van der Waals surface area (Å²) in [6.07, 6.45) is 8.77. The Morgan fingerprint density at radius 2 is 1.65 bits per heavy atom. The molecule has 26 heavy (non-hydrogen) atoms. The second-order valence-corrected chi connectivity index (χ2v) is 5.87. The molecule has 0 amide bonds. The summed E-state index contributed by atoms with van der Waals surface area (Å²) in [6, 6.07) is 5.73. The average molecular weight is 349 g/mol. The topological polar surface area (TPSA) is 95.9 Å². The van der Waals surface area contributed by atoms with Crippen molar-refractivity contribution < 1.29 is 0 Å². The minimum absolute atomic E-state index is 0.521.